The molecule has 0 aromatic heterocycles. The second-order valence-corrected chi connectivity index (χ2v) is 9.40. The molecule has 3 N–H and O–H groups in total. The zero-order chi connectivity index (χ0) is 17.8. The molecule has 0 aliphatic carbocycles. The number of rotatable bonds is 4. The Morgan fingerprint density at radius 3 is 2.58 bits per heavy atom. The van der Waals surface area contributed by atoms with Crippen molar-refractivity contribution in [2.75, 3.05) is 30.8 Å². The zero-order valence-electron chi connectivity index (χ0n) is 14.3. The summed E-state index contributed by atoms with van der Waals surface area (Å²) in [6.45, 7) is 6.36. The zero-order valence-corrected chi connectivity index (χ0v) is 15.1. The van der Waals surface area contributed by atoms with E-state index in [1.54, 1.807) is 32.9 Å². The Labute approximate surface area is 143 Å². The summed E-state index contributed by atoms with van der Waals surface area (Å²) in [4.78, 5) is 4.08. The van der Waals surface area contributed by atoms with Crippen LogP contribution in [0.25, 0.3) is 0 Å². The number of nitrogens with zero attached hydrogens (tertiary/aromatic N) is 1. The standard InChI is InChI=1S/C16H25N3O4S/c1-16(2,3)24(20,21)10-7-18-15(17)19-12-5-6-13-14(11-12)23-9-4-8-22-13/h5-6,11H,4,7-10H2,1-3H3,(H3,17,18,19). The van der Waals surface area contributed by atoms with Crippen molar-refractivity contribution in [2.24, 2.45) is 10.7 Å². The van der Waals surface area contributed by atoms with E-state index in [2.05, 4.69) is 10.3 Å². The summed E-state index contributed by atoms with van der Waals surface area (Å²) >= 11 is 0. The normalized spacial score (nSPS) is 15.7. The van der Waals surface area contributed by atoms with Crippen molar-refractivity contribution < 1.29 is 17.9 Å². The number of hydrogen-bond acceptors (Lipinski definition) is 5. The van der Waals surface area contributed by atoms with Crippen LogP contribution < -0.4 is 20.5 Å². The number of benzene rings is 1. The molecule has 0 saturated heterocycles. The molecule has 0 saturated carbocycles. The van der Waals surface area contributed by atoms with Crippen LogP contribution in [0.4, 0.5) is 5.69 Å². The second-order valence-electron chi connectivity index (χ2n) is 6.54. The molecule has 1 heterocycles. The Bertz CT molecular complexity index is 709. The highest BCUT2D eigenvalue weighted by Crippen LogP contribution is 2.32. The lowest BCUT2D eigenvalue weighted by molar-refractivity contribution is 0.297. The molecular formula is C16H25N3O4S. The molecule has 0 bridgehead atoms. The lowest BCUT2D eigenvalue weighted by atomic mass is 10.3. The van der Waals surface area contributed by atoms with E-state index in [1.807, 2.05) is 6.07 Å². The summed E-state index contributed by atoms with van der Waals surface area (Å²) < 4.78 is 34.4. The topological polar surface area (TPSA) is 103 Å². The maximum absolute atomic E-state index is 12.0. The number of sulfone groups is 1. The van der Waals surface area contributed by atoms with E-state index < -0.39 is 14.6 Å². The summed E-state index contributed by atoms with van der Waals surface area (Å²) in [5.74, 6) is 1.47. The SMILES string of the molecule is CC(C)(C)S(=O)(=O)CCN=C(N)Nc1ccc2c(c1)OCCCO2. The maximum atomic E-state index is 12.0. The molecule has 1 aromatic rings. The van der Waals surface area contributed by atoms with Gasteiger partial charge < -0.3 is 20.5 Å². The summed E-state index contributed by atoms with van der Waals surface area (Å²) in [5, 5.41) is 2.93. The van der Waals surface area contributed by atoms with Gasteiger partial charge in [-0.05, 0) is 32.9 Å². The van der Waals surface area contributed by atoms with Gasteiger partial charge in [0.1, 0.15) is 0 Å². The largest absolute Gasteiger partial charge is 0.490 e. The Kier molecular flexibility index (Phi) is 5.58. The molecule has 2 rings (SSSR count). The smallest absolute Gasteiger partial charge is 0.193 e. The van der Waals surface area contributed by atoms with Crippen LogP contribution in [0.15, 0.2) is 23.2 Å². The number of hydrogen-bond donors (Lipinski definition) is 2. The highest BCUT2D eigenvalue weighted by molar-refractivity contribution is 7.92. The Morgan fingerprint density at radius 1 is 1.25 bits per heavy atom. The summed E-state index contributed by atoms with van der Waals surface area (Å²) in [6, 6.07) is 5.40. The van der Waals surface area contributed by atoms with E-state index in [-0.39, 0.29) is 18.3 Å². The first-order valence-corrected chi connectivity index (χ1v) is 9.53. The monoisotopic (exact) mass is 355 g/mol. The highest BCUT2D eigenvalue weighted by Gasteiger charge is 2.28. The first kappa shape index (κ1) is 18.4. The van der Waals surface area contributed by atoms with E-state index in [4.69, 9.17) is 15.2 Å². The fraction of sp³-hybridized carbons (Fsp3) is 0.562. The Hall–Kier alpha value is -1.96. The highest BCUT2D eigenvalue weighted by atomic mass is 32.2. The van der Waals surface area contributed by atoms with Crippen LogP contribution in [0, 0.1) is 0 Å². The fourth-order valence-corrected chi connectivity index (χ4v) is 2.96. The van der Waals surface area contributed by atoms with Crippen LogP contribution in [-0.2, 0) is 9.84 Å². The van der Waals surface area contributed by atoms with Crippen molar-refractivity contribution in [3.63, 3.8) is 0 Å². The molecule has 8 heteroatoms. The second kappa shape index (κ2) is 7.29. The predicted molar refractivity (Wildman–Crippen MR) is 95.7 cm³/mol. The fourth-order valence-electron chi connectivity index (χ4n) is 2.02. The van der Waals surface area contributed by atoms with Gasteiger partial charge in [-0.25, -0.2) is 8.42 Å². The molecule has 134 valence electrons. The van der Waals surface area contributed by atoms with Crippen LogP contribution in [0.2, 0.25) is 0 Å². The average molecular weight is 355 g/mol. The molecule has 0 spiro atoms. The number of guanidine groups is 1. The number of fused-ring (bicyclic) bond motifs is 1. The van der Waals surface area contributed by atoms with Gasteiger partial charge in [0.05, 0.1) is 30.3 Å². The van der Waals surface area contributed by atoms with Crippen LogP contribution in [0.1, 0.15) is 27.2 Å². The van der Waals surface area contributed by atoms with Crippen LogP contribution in [0.5, 0.6) is 11.5 Å². The van der Waals surface area contributed by atoms with Gasteiger partial charge in [0, 0.05) is 18.2 Å². The van der Waals surface area contributed by atoms with E-state index in [9.17, 15) is 8.42 Å². The molecule has 1 aliphatic rings. The van der Waals surface area contributed by atoms with E-state index >= 15 is 0 Å². The van der Waals surface area contributed by atoms with Crippen molar-refractivity contribution in [3.8, 4) is 11.5 Å². The van der Waals surface area contributed by atoms with E-state index in [1.165, 1.54) is 0 Å². The number of nitrogens with two attached hydrogens (primary N) is 1. The van der Waals surface area contributed by atoms with Gasteiger partial charge in [0.25, 0.3) is 0 Å². The lowest BCUT2D eigenvalue weighted by Gasteiger charge is -2.18. The van der Waals surface area contributed by atoms with Crippen molar-refractivity contribution in [3.05, 3.63) is 18.2 Å². The third kappa shape index (κ3) is 4.77. The summed E-state index contributed by atoms with van der Waals surface area (Å²) in [7, 11) is -3.21. The van der Waals surface area contributed by atoms with Gasteiger partial charge in [-0.2, -0.15) is 0 Å². The molecule has 0 unspecified atom stereocenters. The van der Waals surface area contributed by atoms with Crippen molar-refractivity contribution in [1.29, 1.82) is 0 Å². The van der Waals surface area contributed by atoms with Gasteiger partial charge in [0.15, 0.2) is 27.3 Å². The molecule has 0 fully saturated rings. The molecule has 0 atom stereocenters. The van der Waals surface area contributed by atoms with Crippen molar-refractivity contribution in [2.45, 2.75) is 31.9 Å². The number of nitrogens with one attached hydrogen (secondary N) is 1. The molecule has 24 heavy (non-hydrogen) atoms. The first-order valence-electron chi connectivity index (χ1n) is 7.88. The van der Waals surface area contributed by atoms with Gasteiger partial charge in [0.2, 0.25) is 0 Å². The Balaban J connectivity index is 1.97. The molecule has 1 aliphatic heterocycles. The van der Waals surface area contributed by atoms with Gasteiger partial charge in [-0.3, -0.25) is 4.99 Å². The molecular weight excluding hydrogens is 330 g/mol. The minimum atomic E-state index is -3.21. The minimum absolute atomic E-state index is 0.0416. The first-order chi connectivity index (χ1) is 11.2. The summed E-state index contributed by atoms with van der Waals surface area (Å²) in [5.41, 5.74) is 6.53. The van der Waals surface area contributed by atoms with Gasteiger partial charge in [-0.15, -0.1) is 0 Å². The predicted octanol–water partition coefficient (Wildman–Crippen LogP) is 1.79. The van der Waals surface area contributed by atoms with Crippen LogP contribution in [0.3, 0.4) is 0 Å². The third-order valence-corrected chi connectivity index (χ3v) is 6.18. The lowest BCUT2D eigenvalue weighted by Crippen LogP contribution is -2.32. The summed E-state index contributed by atoms with van der Waals surface area (Å²) in [6.07, 6.45) is 0.837. The quantitative estimate of drug-likeness (QED) is 0.630. The van der Waals surface area contributed by atoms with Crippen molar-refractivity contribution in [1.82, 2.24) is 0 Å². The molecule has 0 amide bonds. The molecule has 7 nitrogen and oxygen atoms in total. The van der Waals surface area contributed by atoms with Gasteiger partial charge in [-0.1, -0.05) is 0 Å². The number of aliphatic imine (C=N–C) groups is 1. The third-order valence-electron chi connectivity index (χ3n) is 3.60. The Morgan fingerprint density at radius 2 is 1.92 bits per heavy atom. The number of ether oxygens (including phenoxy) is 2. The minimum Gasteiger partial charge on any atom is -0.490 e. The molecule has 1 aromatic carbocycles. The van der Waals surface area contributed by atoms with E-state index in [0.29, 0.717) is 30.4 Å². The van der Waals surface area contributed by atoms with Crippen LogP contribution in [-0.4, -0.2) is 44.6 Å². The van der Waals surface area contributed by atoms with Crippen LogP contribution >= 0.6 is 0 Å². The molecule has 0 radical (unpaired) electrons. The maximum Gasteiger partial charge on any atom is 0.193 e. The number of anilines is 1. The van der Waals surface area contributed by atoms with E-state index in [0.717, 1.165) is 6.42 Å². The van der Waals surface area contributed by atoms with Gasteiger partial charge >= 0.3 is 0 Å². The van der Waals surface area contributed by atoms with Crippen molar-refractivity contribution >= 4 is 21.5 Å². The average Bonchev–Trinajstić information content (AvgIpc) is 2.70.